The molecule has 0 aromatic heterocycles. The molecule has 84 valence electrons. The Labute approximate surface area is 88.3 Å². The number of oxime groups is 1. The van der Waals surface area contributed by atoms with Gasteiger partial charge in [0.15, 0.2) is 0 Å². The number of amidine groups is 2. The molecule has 1 aliphatic heterocycles. The first-order chi connectivity index (χ1) is 6.83. The second-order valence-corrected chi connectivity index (χ2v) is 4.73. The Hall–Kier alpha value is -1.44. The third-order valence-electron chi connectivity index (χ3n) is 1.43. The van der Waals surface area contributed by atoms with Gasteiger partial charge >= 0.3 is 16.2 Å². The van der Waals surface area contributed by atoms with Gasteiger partial charge in [-0.2, -0.15) is 13.4 Å². The van der Waals surface area contributed by atoms with Gasteiger partial charge in [0.25, 0.3) is 0 Å². The summed E-state index contributed by atoms with van der Waals surface area (Å²) in [5.74, 6) is 0.118. The Morgan fingerprint density at radius 2 is 2.07 bits per heavy atom. The third-order valence-corrected chi connectivity index (χ3v) is 2.77. The zero-order valence-corrected chi connectivity index (χ0v) is 9.74. The summed E-state index contributed by atoms with van der Waals surface area (Å²) in [6, 6.07) is -0.108. The molecule has 0 amide bonds. The summed E-state index contributed by atoms with van der Waals surface area (Å²) in [6.45, 7) is 4.91. The van der Waals surface area contributed by atoms with E-state index in [9.17, 15) is 8.42 Å². The van der Waals surface area contributed by atoms with Crippen LogP contribution in [0.4, 0.5) is 0 Å². The fourth-order valence-corrected chi connectivity index (χ4v) is 1.53. The fourth-order valence-electron chi connectivity index (χ4n) is 0.766. The molecule has 0 radical (unpaired) electrons. The Morgan fingerprint density at radius 1 is 1.47 bits per heavy atom. The predicted octanol–water partition coefficient (Wildman–Crippen LogP) is 0.363. The number of rotatable bonds is 1. The van der Waals surface area contributed by atoms with Gasteiger partial charge < -0.3 is 4.84 Å². The van der Waals surface area contributed by atoms with Crippen molar-refractivity contribution in [1.82, 2.24) is 4.31 Å². The molecular formula is C7H12N4O3S. The lowest BCUT2D eigenvalue weighted by Gasteiger charge is -2.18. The third kappa shape index (κ3) is 2.75. The minimum absolute atomic E-state index is 0.108. The minimum atomic E-state index is -3.71. The van der Waals surface area contributed by atoms with Crippen LogP contribution in [0, 0.1) is 0 Å². The standard InChI is InChI=1S/C7H12N4O3S/c1-5(2)9-14-7-8-6(3)10-15(12,13)11(7)4/h1-4H3. The van der Waals surface area contributed by atoms with Crippen molar-refractivity contribution in [3.05, 3.63) is 0 Å². The van der Waals surface area contributed by atoms with E-state index in [0.717, 1.165) is 4.31 Å². The maximum absolute atomic E-state index is 11.4. The fraction of sp³-hybridized carbons (Fsp3) is 0.571. The Balaban J connectivity index is 3.00. The van der Waals surface area contributed by atoms with Crippen LogP contribution in [0.15, 0.2) is 14.5 Å². The molecule has 15 heavy (non-hydrogen) atoms. The quantitative estimate of drug-likeness (QED) is 0.483. The second-order valence-electron chi connectivity index (χ2n) is 3.11. The van der Waals surface area contributed by atoms with Gasteiger partial charge in [0.1, 0.15) is 5.84 Å². The molecule has 7 nitrogen and oxygen atoms in total. The Bertz CT molecular complexity index is 445. The maximum atomic E-state index is 11.4. The SMILES string of the molecule is CC(C)=NOC1=NC(C)=NS(=O)(=O)N1C. The Kier molecular flexibility index (Phi) is 3.08. The average molecular weight is 232 g/mol. The molecule has 0 atom stereocenters. The predicted molar refractivity (Wildman–Crippen MR) is 57.1 cm³/mol. The van der Waals surface area contributed by atoms with Crippen molar-refractivity contribution in [2.45, 2.75) is 20.8 Å². The van der Waals surface area contributed by atoms with Crippen LogP contribution < -0.4 is 0 Å². The van der Waals surface area contributed by atoms with Gasteiger partial charge in [0, 0.05) is 7.05 Å². The first kappa shape index (κ1) is 11.6. The molecule has 1 aliphatic rings. The highest BCUT2D eigenvalue weighted by molar-refractivity contribution is 7.88. The molecule has 1 heterocycles. The van der Waals surface area contributed by atoms with Gasteiger partial charge in [-0.15, -0.1) is 4.40 Å². The summed E-state index contributed by atoms with van der Waals surface area (Å²) in [4.78, 5) is 8.68. The molecule has 0 spiro atoms. The normalized spacial score (nSPS) is 19.1. The lowest BCUT2D eigenvalue weighted by molar-refractivity contribution is 0.290. The van der Waals surface area contributed by atoms with E-state index in [2.05, 4.69) is 14.5 Å². The molecule has 1 rings (SSSR count). The van der Waals surface area contributed by atoms with Crippen molar-refractivity contribution in [2.75, 3.05) is 7.05 Å². The first-order valence-electron chi connectivity index (χ1n) is 4.15. The van der Waals surface area contributed by atoms with E-state index in [1.807, 2.05) is 0 Å². The molecule has 0 aromatic carbocycles. The molecule has 0 saturated heterocycles. The molecule has 0 fully saturated rings. The highest BCUT2D eigenvalue weighted by Gasteiger charge is 2.27. The van der Waals surface area contributed by atoms with Crippen molar-refractivity contribution in [3.8, 4) is 0 Å². The maximum Gasteiger partial charge on any atom is 0.349 e. The first-order valence-corrected chi connectivity index (χ1v) is 5.55. The average Bonchev–Trinajstić information content (AvgIpc) is 2.08. The minimum Gasteiger partial charge on any atom is -0.316 e. The number of nitrogens with zero attached hydrogens (tertiary/aromatic N) is 4. The van der Waals surface area contributed by atoms with Crippen molar-refractivity contribution < 1.29 is 13.3 Å². The monoisotopic (exact) mass is 232 g/mol. The van der Waals surface area contributed by atoms with Gasteiger partial charge in [-0.05, 0) is 20.8 Å². The van der Waals surface area contributed by atoms with E-state index in [4.69, 9.17) is 4.84 Å². The van der Waals surface area contributed by atoms with Gasteiger partial charge in [-0.25, -0.2) is 4.31 Å². The van der Waals surface area contributed by atoms with Crippen molar-refractivity contribution in [3.63, 3.8) is 0 Å². The lowest BCUT2D eigenvalue weighted by Crippen LogP contribution is -2.36. The van der Waals surface area contributed by atoms with E-state index in [1.165, 1.54) is 14.0 Å². The number of hydrogen-bond donors (Lipinski definition) is 0. The van der Waals surface area contributed by atoms with E-state index in [0.29, 0.717) is 5.71 Å². The van der Waals surface area contributed by atoms with Gasteiger partial charge in [-0.1, -0.05) is 5.16 Å². The molecule has 0 aliphatic carbocycles. The summed E-state index contributed by atoms with van der Waals surface area (Å²) in [7, 11) is -2.42. The van der Waals surface area contributed by atoms with Gasteiger partial charge in [0.2, 0.25) is 0 Å². The zero-order valence-electron chi connectivity index (χ0n) is 8.92. The number of hydrogen-bond acceptors (Lipinski definition) is 5. The van der Waals surface area contributed by atoms with Crippen LogP contribution in [-0.2, 0) is 15.0 Å². The van der Waals surface area contributed by atoms with Crippen molar-refractivity contribution >= 4 is 27.8 Å². The summed E-state index contributed by atoms with van der Waals surface area (Å²) in [5.41, 5.74) is 0.656. The topological polar surface area (TPSA) is 83.7 Å². The van der Waals surface area contributed by atoms with E-state index in [1.54, 1.807) is 13.8 Å². The lowest BCUT2D eigenvalue weighted by atomic mass is 10.5. The summed E-state index contributed by atoms with van der Waals surface area (Å²) in [5, 5.41) is 3.62. The second kappa shape index (κ2) is 3.97. The smallest absolute Gasteiger partial charge is 0.316 e. The van der Waals surface area contributed by atoms with Crippen LogP contribution in [0.2, 0.25) is 0 Å². The van der Waals surface area contributed by atoms with E-state index in [-0.39, 0.29) is 11.9 Å². The van der Waals surface area contributed by atoms with Crippen LogP contribution in [0.3, 0.4) is 0 Å². The molecule has 0 N–H and O–H groups in total. The molecule has 0 aromatic rings. The van der Waals surface area contributed by atoms with E-state index < -0.39 is 10.2 Å². The van der Waals surface area contributed by atoms with Crippen LogP contribution in [0.25, 0.3) is 0 Å². The summed E-state index contributed by atoms with van der Waals surface area (Å²) >= 11 is 0. The summed E-state index contributed by atoms with van der Waals surface area (Å²) in [6.07, 6.45) is 0. The molecule has 8 heteroatoms. The highest BCUT2D eigenvalue weighted by atomic mass is 32.2. The van der Waals surface area contributed by atoms with E-state index >= 15 is 0 Å². The van der Waals surface area contributed by atoms with Crippen LogP contribution in [0.5, 0.6) is 0 Å². The largest absolute Gasteiger partial charge is 0.349 e. The summed E-state index contributed by atoms with van der Waals surface area (Å²) < 4.78 is 27.0. The molecule has 0 bridgehead atoms. The molecular weight excluding hydrogens is 220 g/mol. The zero-order chi connectivity index (χ0) is 11.6. The molecule has 0 saturated carbocycles. The Morgan fingerprint density at radius 3 is 2.60 bits per heavy atom. The van der Waals surface area contributed by atoms with Crippen molar-refractivity contribution in [1.29, 1.82) is 0 Å². The number of aliphatic imine (C=N–C) groups is 1. The van der Waals surface area contributed by atoms with Gasteiger partial charge in [-0.3, -0.25) is 0 Å². The molecule has 0 unspecified atom stereocenters. The van der Waals surface area contributed by atoms with Crippen LogP contribution in [0.1, 0.15) is 20.8 Å². The van der Waals surface area contributed by atoms with Crippen LogP contribution in [-0.4, -0.2) is 37.3 Å². The van der Waals surface area contributed by atoms with Crippen molar-refractivity contribution in [2.24, 2.45) is 14.5 Å². The highest BCUT2D eigenvalue weighted by Crippen LogP contribution is 2.09. The van der Waals surface area contributed by atoms with Crippen LogP contribution >= 0.6 is 0 Å². The van der Waals surface area contributed by atoms with Gasteiger partial charge in [0.05, 0.1) is 5.71 Å².